The normalized spacial score (nSPS) is 18.8. The van der Waals surface area contributed by atoms with Crippen LogP contribution in [0, 0.1) is 5.92 Å². The Bertz CT molecular complexity index is 215. The number of aliphatic carboxylic acids is 2. The maximum atomic E-state index is 10.6. The predicted octanol–water partition coefficient (Wildman–Crippen LogP) is 0.0769. The lowest BCUT2D eigenvalue weighted by molar-refractivity contribution is -0.182. The fourth-order valence-electron chi connectivity index (χ4n) is 1.78. The van der Waals surface area contributed by atoms with Gasteiger partial charge < -0.3 is 15.3 Å². The van der Waals surface area contributed by atoms with Gasteiger partial charge in [-0.3, -0.25) is 0 Å². The Morgan fingerprint density at radius 2 is 1.46 bits per heavy atom. The van der Waals surface area contributed by atoms with Gasteiger partial charge in [0.05, 0.1) is 0 Å². The molecule has 1 rings (SSSR count). The minimum Gasteiger partial charge on any atom is -0.479 e. The highest BCUT2D eigenvalue weighted by Crippen LogP contribution is 2.34. The zero-order valence-electron chi connectivity index (χ0n) is 7.06. The van der Waals surface area contributed by atoms with Gasteiger partial charge in [0, 0.05) is 5.92 Å². The summed E-state index contributed by atoms with van der Waals surface area (Å²) in [7, 11) is 0. The van der Waals surface area contributed by atoms with Crippen molar-refractivity contribution >= 4 is 11.9 Å². The van der Waals surface area contributed by atoms with Crippen molar-refractivity contribution in [1.82, 2.24) is 0 Å². The Kier molecular flexibility index (Phi) is 2.56. The molecule has 3 N–H and O–H groups in total. The number of hydrogen-bond donors (Lipinski definition) is 3. The van der Waals surface area contributed by atoms with Crippen LogP contribution in [0.25, 0.3) is 0 Å². The summed E-state index contributed by atoms with van der Waals surface area (Å²) in [4.78, 5) is 21.2. The maximum absolute atomic E-state index is 10.6. The summed E-state index contributed by atoms with van der Waals surface area (Å²) in [5.74, 6) is -3.97. The zero-order valence-corrected chi connectivity index (χ0v) is 7.06. The molecule has 5 heteroatoms. The molecule has 0 unspecified atom stereocenters. The van der Waals surface area contributed by atoms with Crippen LogP contribution in [0.5, 0.6) is 0 Å². The van der Waals surface area contributed by atoms with Crippen molar-refractivity contribution in [3.05, 3.63) is 0 Å². The first-order valence-electron chi connectivity index (χ1n) is 4.18. The van der Waals surface area contributed by atoms with E-state index in [-0.39, 0.29) is 0 Å². The van der Waals surface area contributed by atoms with Crippen LogP contribution in [0.1, 0.15) is 25.7 Å². The third kappa shape index (κ3) is 1.51. The molecule has 74 valence electrons. The smallest absolute Gasteiger partial charge is 0.347 e. The van der Waals surface area contributed by atoms with Gasteiger partial charge in [-0.15, -0.1) is 0 Å². The molecule has 0 saturated heterocycles. The minimum atomic E-state index is -2.59. The summed E-state index contributed by atoms with van der Waals surface area (Å²) in [5.41, 5.74) is -2.59. The third-order valence-corrected chi connectivity index (χ3v) is 2.60. The van der Waals surface area contributed by atoms with Crippen molar-refractivity contribution in [2.24, 2.45) is 5.92 Å². The van der Waals surface area contributed by atoms with E-state index in [1.165, 1.54) is 0 Å². The summed E-state index contributed by atoms with van der Waals surface area (Å²) in [6, 6.07) is 0. The number of carboxylic acid groups (broad SMARTS) is 2. The third-order valence-electron chi connectivity index (χ3n) is 2.60. The second-order valence-electron chi connectivity index (χ2n) is 3.36. The van der Waals surface area contributed by atoms with Crippen molar-refractivity contribution < 1.29 is 24.9 Å². The van der Waals surface area contributed by atoms with Crippen LogP contribution in [0.3, 0.4) is 0 Å². The fraction of sp³-hybridized carbons (Fsp3) is 0.750. The average Bonchev–Trinajstić information content (AvgIpc) is 2.54. The molecule has 1 fully saturated rings. The molecule has 0 radical (unpaired) electrons. The van der Waals surface area contributed by atoms with E-state index < -0.39 is 23.5 Å². The van der Waals surface area contributed by atoms with Gasteiger partial charge >= 0.3 is 11.9 Å². The Labute approximate surface area is 75.0 Å². The van der Waals surface area contributed by atoms with Gasteiger partial charge in [-0.25, -0.2) is 9.59 Å². The highest BCUT2D eigenvalue weighted by atomic mass is 16.4. The van der Waals surface area contributed by atoms with E-state index in [4.69, 9.17) is 10.2 Å². The summed E-state index contributed by atoms with van der Waals surface area (Å²) in [6.45, 7) is 0. The Hall–Kier alpha value is -1.10. The van der Waals surface area contributed by atoms with Crippen LogP contribution in [0.4, 0.5) is 0 Å². The van der Waals surface area contributed by atoms with E-state index >= 15 is 0 Å². The highest BCUT2D eigenvalue weighted by Gasteiger charge is 2.52. The molecule has 1 aliphatic rings. The van der Waals surface area contributed by atoms with Crippen molar-refractivity contribution in [3.63, 3.8) is 0 Å². The zero-order chi connectivity index (χ0) is 10.1. The van der Waals surface area contributed by atoms with Crippen LogP contribution >= 0.6 is 0 Å². The van der Waals surface area contributed by atoms with E-state index in [2.05, 4.69) is 0 Å². The number of rotatable bonds is 3. The summed E-state index contributed by atoms with van der Waals surface area (Å²) >= 11 is 0. The standard InChI is InChI=1S/C8H12O5/c9-6(10)8(13,7(11)12)5-3-1-2-4-5/h5,13H,1-4H2,(H,9,10)(H,11,12). The number of carbonyl (C=O) groups is 2. The molecule has 0 aromatic heterocycles. The van der Waals surface area contributed by atoms with Gasteiger partial charge in [0.2, 0.25) is 0 Å². The Morgan fingerprint density at radius 3 is 1.77 bits per heavy atom. The van der Waals surface area contributed by atoms with Crippen LogP contribution in [-0.4, -0.2) is 32.9 Å². The van der Waals surface area contributed by atoms with Gasteiger partial charge in [0.15, 0.2) is 0 Å². The van der Waals surface area contributed by atoms with Crippen molar-refractivity contribution in [1.29, 1.82) is 0 Å². The lowest BCUT2D eigenvalue weighted by Gasteiger charge is -2.24. The molecule has 0 aliphatic heterocycles. The van der Waals surface area contributed by atoms with Crippen molar-refractivity contribution in [2.45, 2.75) is 31.3 Å². The lowest BCUT2D eigenvalue weighted by atomic mass is 9.86. The molecule has 0 aromatic carbocycles. The molecular formula is C8H12O5. The molecule has 0 atom stereocenters. The molecule has 0 aromatic rings. The fourth-order valence-corrected chi connectivity index (χ4v) is 1.78. The molecule has 1 aliphatic carbocycles. The molecule has 1 saturated carbocycles. The number of aliphatic hydroxyl groups is 1. The first-order valence-corrected chi connectivity index (χ1v) is 4.18. The van der Waals surface area contributed by atoms with Gasteiger partial charge in [0.25, 0.3) is 5.60 Å². The predicted molar refractivity (Wildman–Crippen MR) is 42.2 cm³/mol. The van der Waals surface area contributed by atoms with Crippen molar-refractivity contribution in [2.75, 3.05) is 0 Å². The number of hydrogen-bond acceptors (Lipinski definition) is 3. The van der Waals surface area contributed by atoms with Gasteiger partial charge in [-0.05, 0) is 12.8 Å². The largest absolute Gasteiger partial charge is 0.479 e. The first-order chi connectivity index (χ1) is 5.99. The molecule has 0 heterocycles. The van der Waals surface area contributed by atoms with Crippen LogP contribution in [0.15, 0.2) is 0 Å². The maximum Gasteiger partial charge on any atom is 0.347 e. The van der Waals surface area contributed by atoms with E-state index in [0.717, 1.165) is 12.8 Å². The van der Waals surface area contributed by atoms with E-state index in [1.54, 1.807) is 0 Å². The first kappa shape index (κ1) is 9.98. The van der Waals surface area contributed by atoms with Gasteiger partial charge in [-0.1, -0.05) is 12.8 Å². The van der Waals surface area contributed by atoms with Crippen LogP contribution < -0.4 is 0 Å². The quantitative estimate of drug-likeness (QED) is 0.545. The molecule has 13 heavy (non-hydrogen) atoms. The molecular weight excluding hydrogens is 176 g/mol. The van der Waals surface area contributed by atoms with Gasteiger partial charge in [-0.2, -0.15) is 0 Å². The molecule has 0 bridgehead atoms. The SMILES string of the molecule is O=C(O)C(O)(C(=O)O)C1CCCC1. The molecule has 5 nitrogen and oxygen atoms in total. The summed E-state index contributed by atoms with van der Waals surface area (Å²) in [5, 5.41) is 26.7. The van der Waals surface area contributed by atoms with Crippen LogP contribution in [-0.2, 0) is 9.59 Å². The monoisotopic (exact) mass is 188 g/mol. The highest BCUT2D eigenvalue weighted by molar-refractivity contribution is 6.01. The topological polar surface area (TPSA) is 94.8 Å². The Balaban J connectivity index is 2.89. The lowest BCUT2D eigenvalue weighted by Crippen LogP contribution is -2.52. The second kappa shape index (κ2) is 3.33. The summed E-state index contributed by atoms with van der Waals surface area (Å²) in [6.07, 6.45) is 2.51. The van der Waals surface area contributed by atoms with E-state index in [1.807, 2.05) is 0 Å². The molecule has 0 amide bonds. The molecule has 0 spiro atoms. The summed E-state index contributed by atoms with van der Waals surface area (Å²) < 4.78 is 0. The van der Waals surface area contributed by atoms with E-state index in [0.29, 0.717) is 12.8 Å². The minimum absolute atomic E-state index is 0.467. The van der Waals surface area contributed by atoms with E-state index in [9.17, 15) is 14.7 Å². The Morgan fingerprint density at radius 1 is 1.08 bits per heavy atom. The van der Waals surface area contributed by atoms with Crippen molar-refractivity contribution in [3.8, 4) is 0 Å². The van der Waals surface area contributed by atoms with Gasteiger partial charge in [0.1, 0.15) is 0 Å². The van der Waals surface area contributed by atoms with Crippen LogP contribution in [0.2, 0.25) is 0 Å². The second-order valence-corrected chi connectivity index (χ2v) is 3.36. The average molecular weight is 188 g/mol. The number of carboxylic acids is 2.